The van der Waals surface area contributed by atoms with Gasteiger partial charge in [0.25, 0.3) is 5.91 Å². The Morgan fingerprint density at radius 1 is 1.13 bits per heavy atom. The zero-order valence-corrected chi connectivity index (χ0v) is 14.1. The summed E-state index contributed by atoms with van der Waals surface area (Å²) in [6.45, 7) is 2.18. The number of halogens is 1. The number of nitrogens with one attached hydrogen (secondary N) is 3. The van der Waals surface area contributed by atoms with Crippen LogP contribution in [0.5, 0.6) is 0 Å². The van der Waals surface area contributed by atoms with Crippen molar-refractivity contribution in [1.82, 2.24) is 10.6 Å². The number of aliphatic imine (C=N–C) groups is 1. The van der Waals surface area contributed by atoms with Gasteiger partial charge in [0.2, 0.25) is 0 Å². The van der Waals surface area contributed by atoms with Crippen molar-refractivity contribution in [2.75, 3.05) is 18.4 Å². The molecular formula is C17H17BrN4O. The van der Waals surface area contributed by atoms with Crippen LogP contribution in [0.3, 0.4) is 0 Å². The summed E-state index contributed by atoms with van der Waals surface area (Å²) in [5, 5.41) is 9.29. The van der Waals surface area contributed by atoms with E-state index in [1.54, 1.807) is 12.1 Å². The van der Waals surface area contributed by atoms with E-state index in [1.165, 1.54) is 0 Å². The molecule has 118 valence electrons. The third-order valence-corrected chi connectivity index (χ3v) is 3.98. The molecular weight excluding hydrogens is 356 g/mol. The number of rotatable bonds is 4. The molecule has 1 aliphatic rings. The van der Waals surface area contributed by atoms with Gasteiger partial charge < -0.3 is 16.0 Å². The van der Waals surface area contributed by atoms with Gasteiger partial charge in [-0.2, -0.15) is 0 Å². The van der Waals surface area contributed by atoms with Gasteiger partial charge in [0.1, 0.15) is 0 Å². The molecule has 0 bridgehead atoms. The van der Waals surface area contributed by atoms with Crippen molar-refractivity contribution < 1.29 is 4.79 Å². The molecule has 0 fully saturated rings. The molecule has 0 aromatic heterocycles. The summed E-state index contributed by atoms with van der Waals surface area (Å²) in [5.41, 5.74) is 2.67. The fraction of sp³-hybridized carbons (Fsp3) is 0.176. The van der Waals surface area contributed by atoms with Crippen LogP contribution >= 0.6 is 15.9 Å². The van der Waals surface area contributed by atoms with Gasteiger partial charge in [0.05, 0.1) is 6.54 Å². The first kappa shape index (κ1) is 15.6. The van der Waals surface area contributed by atoms with Crippen LogP contribution in [0.2, 0.25) is 0 Å². The van der Waals surface area contributed by atoms with Crippen molar-refractivity contribution in [2.45, 2.75) is 6.54 Å². The largest absolute Gasteiger partial charge is 0.354 e. The first-order valence-corrected chi connectivity index (χ1v) is 8.18. The van der Waals surface area contributed by atoms with Crippen LogP contribution in [-0.2, 0) is 6.54 Å². The van der Waals surface area contributed by atoms with Crippen molar-refractivity contribution in [2.24, 2.45) is 4.99 Å². The standard InChI is InChI=1S/C17H17BrN4O/c18-14-5-3-13(4-6-14)16(23)21-11-12-1-7-15(8-2-12)22-17-19-9-10-20-17/h1-8H,9-11H2,(H,21,23)(H2,19,20,22). The topological polar surface area (TPSA) is 65.5 Å². The highest BCUT2D eigenvalue weighted by atomic mass is 79.9. The fourth-order valence-corrected chi connectivity index (χ4v) is 2.47. The first-order valence-electron chi connectivity index (χ1n) is 7.39. The average molecular weight is 373 g/mol. The van der Waals surface area contributed by atoms with Crippen molar-refractivity contribution in [3.05, 3.63) is 64.1 Å². The number of benzene rings is 2. The molecule has 3 N–H and O–H groups in total. The lowest BCUT2D eigenvalue weighted by molar-refractivity contribution is 0.0951. The Morgan fingerprint density at radius 3 is 2.52 bits per heavy atom. The van der Waals surface area contributed by atoms with Gasteiger partial charge in [0, 0.05) is 28.8 Å². The molecule has 0 radical (unpaired) electrons. The van der Waals surface area contributed by atoms with Crippen LogP contribution in [-0.4, -0.2) is 25.0 Å². The summed E-state index contributed by atoms with van der Waals surface area (Å²) in [5.74, 6) is 0.727. The molecule has 2 aromatic carbocycles. The normalized spacial score (nSPS) is 13.2. The van der Waals surface area contributed by atoms with Gasteiger partial charge >= 0.3 is 0 Å². The molecule has 3 rings (SSSR count). The Bertz CT molecular complexity index is 710. The molecule has 0 atom stereocenters. The molecule has 1 aliphatic heterocycles. The molecule has 0 aliphatic carbocycles. The number of carbonyl (C=O) groups is 1. The van der Waals surface area contributed by atoms with Crippen LogP contribution in [0, 0.1) is 0 Å². The third kappa shape index (κ3) is 4.32. The molecule has 1 heterocycles. The Hall–Kier alpha value is -2.34. The Labute approximate surface area is 143 Å². The summed E-state index contributed by atoms with van der Waals surface area (Å²) in [7, 11) is 0. The Morgan fingerprint density at radius 2 is 1.87 bits per heavy atom. The second-order valence-corrected chi connectivity index (χ2v) is 6.08. The van der Waals surface area contributed by atoms with Crippen LogP contribution in [0.4, 0.5) is 5.69 Å². The number of hydrogen-bond donors (Lipinski definition) is 3. The second kappa shape index (κ2) is 7.28. The fourth-order valence-electron chi connectivity index (χ4n) is 2.21. The molecule has 23 heavy (non-hydrogen) atoms. The number of nitrogens with zero attached hydrogens (tertiary/aromatic N) is 1. The lowest BCUT2D eigenvalue weighted by Crippen LogP contribution is -2.26. The maximum absolute atomic E-state index is 12.1. The highest BCUT2D eigenvalue weighted by molar-refractivity contribution is 9.10. The summed E-state index contributed by atoms with van der Waals surface area (Å²) < 4.78 is 0.957. The van der Waals surface area contributed by atoms with E-state index >= 15 is 0 Å². The summed E-state index contributed by atoms with van der Waals surface area (Å²) in [6, 6.07) is 15.2. The summed E-state index contributed by atoms with van der Waals surface area (Å²) >= 11 is 3.36. The quantitative estimate of drug-likeness (QED) is 0.772. The molecule has 0 spiro atoms. The van der Waals surface area contributed by atoms with Gasteiger partial charge in [0.15, 0.2) is 5.96 Å². The minimum absolute atomic E-state index is 0.0794. The number of amides is 1. The summed E-state index contributed by atoms with van der Waals surface area (Å²) in [4.78, 5) is 16.4. The van der Waals surface area contributed by atoms with E-state index in [4.69, 9.17) is 0 Å². The lowest BCUT2D eigenvalue weighted by Gasteiger charge is -2.09. The molecule has 0 unspecified atom stereocenters. The van der Waals surface area contributed by atoms with Crippen molar-refractivity contribution >= 4 is 33.5 Å². The Kier molecular flexibility index (Phi) is 4.92. The highest BCUT2D eigenvalue weighted by Crippen LogP contribution is 2.12. The number of anilines is 1. The summed E-state index contributed by atoms with van der Waals surface area (Å²) in [6.07, 6.45) is 0. The maximum atomic E-state index is 12.1. The van der Waals surface area contributed by atoms with Crippen LogP contribution in [0.15, 0.2) is 58.0 Å². The number of guanidine groups is 1. The molecule has 1 amide bonds. The predicted molar refractivity (Wildman–Crippen MR) is 95.7 cm³/mol. The van der Waals surface area contributed by atoms with Gasteiger partial charge in [-0.3, -0.25) is 9.79 Å². The van der Waals surface area contributed by atoms with Crippen molar-refractivity contribution in [3.8, 4) is 0 Å². The molecule has 0 saturated carbocycles. The number of hydrogen-bond acceptors (Lipinski definition) is 4. The van der Waals surface area contributed by atoms with Crippen molar-refractivity contribution in [3.63, 3.8) is 0 Å². The molecule has 6 heteroatoms. The molecule has 0 saturated heterocycles. The Balaban J connectivity index is 1.53. The van der Waals surface area contributed by atoms with Gasteiger partial charge in [-0.1, -0.05) is 28.1 Å². The first-order chi connectivity index (χ1) is 11.2. The molecule has 2 aromatic rings. The lowest BCUT2D eigenvalue weighted by atomic mass is 10.2. The zero-order chi connectivity index (χ0) is 16.1. The van der Waals surface area contributed by atoms with E-state index in [1.807, 2.05) is 36.4 Å². The highest BCUT2D eigenvalue weighted by Gasteiger charge is 2.06. The average Bonchev–Trinajstić information content (AvgIpc) is 3.07. The van der Waals surface area contributed by atoms with Crippen molar-refractivity contribution in [1.29, 1.82) is 0 Å². The van der Waals surface area contributed by atoms with Crippen LogP contribution < -0.4 is 16.0 Å². The van der Waals surface area contributed by atoms with E-state index in [0.717, 1.165) is 34.8 Å². The van der Waals surface area contributed by atoms with Gasteiger partial charge in [-0.05, 0) is 42.0 Å². The predicted octanol–water partition coefficient (Wildman–Crippen LogP) is 2.75. The van der Waals surface area contributed by atoms with E-state index < -0.39 is 0 Å². The zero-order valence-electron chi connectivity index (χ0n) is 12.5. The second-order valence-electron chi connectivity index (χ2n) is 5.17. The van der Waals surface area contributed by atoms with Gasteiger partial charge in [-0.15, -0.1) is 0 Å². The van der Waals surface area contributed by atoms with Crippen LogP contribution in [0.25, 0.3) is 0 Å². The number of carbonyl (C=O) groups excluding carboxylic acids is 1. The van der Waals surface area contributed by atoms with E-state index in [2.05, 4.69) is 36.9 Å². The smallest absolute Gasteiger partial charge is 0.251 e. The monoisotopic (exact) mass is 372 g/mol. The van der Waals surface area contributed by atoms with E-state index in [0.29, 0.717) is 12.1 Å². The molecule has 5 nitrogen and oxygen atoms in total. The third-order valence-electron chi connectivity index (χ3n) is 3.45. The minimum Gasteiger partial charge on any atom is -0.354 e. The minimum atomic E-state index is -0.0794. The SMILES string of the molecule is O=C(NCc1ccc(NC2=NCCN2)cc1)c1ccc(Br)cc1. The maximum Gasteiger partial charge on any atom is 0.251 e. The van der Waals surface area contributed by atoms with Crippen LogP contribution in [0.1, 0.15) is 15.9 Å². The van der Waals surface area contributed by atoms with E-state index in [-0.39, 0.29) is 5.91 Å². The van der Waals surface area contributed by atoms with Gasteiger partial charge in [-0.25, -0.2) is 0 Å². The van der Waals surface area contributed by atoms with E-state index in [9.17, 15) is 4.79 Å².